The molecule has 21 heavy (non-hydrogen) atoms. The van der Waals surface area contributed by atoms with Gasteiger partial charge in [0, 0.05) is 36.5 Å². The topological polar surface area (TPSA) is 47.1 Å². The molecule has 114 valence electrons. The predicted octanol–water partition coefficient (Wildman–Crippen LogP) is 2.98. The van der Waals surface area contributed by atoms with Crippen molar-refractivity contribution in [3.05, 3.63) is 34.0 Å². The molecule has 1 aliphatic heterocycles. The summed E-state index contributed by atoms with van der Waals surface area (Å²) in [6.45, 7) is 10.4. The van der Waals surface area contributed by atoms with Crippen molar-refractivity contribution in [1.82, 2.24) is 19.8 Å². The Kier molecular flexibility index (Phi) is 3.61. The van der Waals surface area contributed by atoms with Crippen molar-refractivity contribution >= 4 is 0 Å². The van der Waals surface area contributed by atoms with Crippen LogP contribution in [0.15, 0.2) is 4.52 Å². The highest BCUT2D eigenvalue weighted by atomic mass is 16.5. The minimum absolute atomic E-state index is 0.465. The molecule has 0 spiro atoms. The van der Waals surface area contributed by atoms with E-state index in [-0.39, 0.29) is 0 Å². The first-order valence-electron chi connectivity index (χ1n) is 7.65. The molecular formula is C16H24N4O. The van der Waals surface area contributed by atoms with Crippen LogP contribution in [0.3, 0.4) is 0 Å². The van der Waals surface area contributed by atoms with Gasteiger partial charge in [-0.25, -0.2) is 0 Å². The van der Waals surface area contributed by atoms with Crippen molar-refractivity contribution < 1.29 is 4.52 Å². The van der Waals surface area contributed by atoms with Gasteiger partial charge in [0.25, 0.3) is 0 Å². The van der Waals surface area contributed by atoms with Gasteiger partial charge in [-0.05, 0) is 47.1 Å². The van der Waals surface area contributed by atoms with Gasteiger partial charge in [0.2, 0.25) is 0 Å². The van der Waals surface area contributed by atoms with Crippen molar-refractivity contribution in [2.45, 2.75) is 53.1 Å². The number of aromatic nitrogens is 3. The predicted molar refractivity (Wildman–Crippen MR) is 81.0 cm³/mol. The minimum atomic E-state index is 0.465. The van der Waals surface area contributed by atoms with Gasteiger partial charge in [-0.2, -0.15) is 5.10 Å². The summed E-state index contributed by atoms with van der Waals surface area (Å²) in [7, 11) is 2.03. The average Bonchev–Trinajstić information content (AvgIpc) is 3.07. The molecule has 3 rings (SSSR count). The van der Waals surface area contributed by atoms with Crippen LogP contribution in [0.25, 0.3) is 0 Å². The molecule has 0 unspecified atom stereocenters. The van der Waals surface area contributed by atoms with Gasteiger partial charge in [0.15, 0.2) is 0 Å². The summed E-state index contributed by atoms with van der Waals surface area (Å²) in [6.07, 6.45) is 2.44. The van der Waals surface area contributed by atoms with Crippen LogP contribution in [0.1, 0.15) is 52.9 Å². The van der Waals surface area contributed by atoms with E-state index < -0.39 is 0 Å². The number of rotatable bonds is 3. The maximum atomic E-state index is 5.30. The maximum Gasteiger partial charge on any atom is 0.138 e. The summed E-state index contributed by atoms with van der Waals surface area (Å²) in [5.41, 5.74) is 6.09. The van der Waals surface area contributed by atoms with Crippen molar-refractivity contribution in [3.63, 3.8) is 0 Å². The number of likely N-dealkylation sites (tertiary alicyclic amines) is 1. The molecule has 0 amide bonds. The Morgan fingerprint density at radius 1 is 1.19 bits per heavy atom. The summed E-state index contributed by atoms with van der Waals surface area (Å²) in [6, 6.07) is 0.465. The molecular weight excluding hydrogens is 264 g/mol. The lowest BCUT2D eigenvalue weighted by Gasteiger charge is -2.25. The number of nitrogens with zero attached hydrogens (tertiary/aromatic N) is 4. The monoisotopic (exact) mass is 288 g/mol. The lowest BCUT2D eigenvalue weighted by molar-refractivity contribution is 0.245. The van der Waals surface area contributed by atoms with Gasteiger partial charge in [-0.15, -0.1) is 0 Å². The molecule has 0 N–H and O–H groups in total. The molecule has 5 heteroatoms. The van der Waals surface area contributed by atoms with Gasteiger partial charge < -0.3 is 4.52 Å². The first-order chi connectivity index (χ1) is 9.99. The van der Waals surface area contributed by atoms with Crippen molar-refractivity contribution in [1.29, 1.82) is 0 Å². The fourth-order valence-corrected chi connectivity index (χ4v) is 3.55. The summed E-state index contributed by atoms with van der Waals surface area (Å²) in [5.74, 6) is 0.942. The quantitative estimate of drug-likeness (QED) is 0.871. The van der Waals surface area contributed by atoms with E-state index in [0.29, 0.717) is 6.04 Å². The normalized spacial score (nSPS) is 19.6. The lowest BCUT2D eigenvalue weighted by atomic mass is 10.0. The third kappa shape index (κ3) is 2.39. The molecule has 1 atom stereocenters. The van der Waals surface area contributed by atoms with Gasteiger partial charge in [0.1, 0.15) is 5.76 Å². The van der Waals surface area contributed by atoms with Crippen molar-refractivity contribution in [3.8, 4) is 0 Å². The Morgan fingerprint density at radius 3 is 2.52 bits per heavy atom. The molecule has 2 aromatic heterocycles. The number of hydrogen-bond donors (Lipinski definition) is 0. The highest BCUT2D eigenvalue weighted by Gasteiger charge is 2.31. The minimum Gasteiger partial charge on any atom is -0.361 e. The van der Waals surface area contributed by atoms with Crippen molar-refractivity contribution in [2.24, 2.45) is 7.05 Å². The van der Waals surface area contributed by atoms with Crippen LogP contribution in [0.5, 0.6) is 0 Å². The van der Waals surface area contributed by atoms with Crippen LogP contribution in [-0.4, -0.2) is 26.4 Å². The number of aryl methyl sites for hydroxylation is 4. The third-order valence-corrected chi connectivity index (χ3v) is 4.80. The highest BCUT2D eigenvalue weighted by Crippen LogP contribution is 2.36. The zero-order valence-corrected chi connectivity index (χ0v) is 13.6. The Labute approximate surface area is 125 Å². The molecule has 0 saturated carbocycles. The zero-order valence-electron chi connectivity index (χ0n) is 13.6. The smallest absolute Gasteiger partial charge is 0.138 e. The molecule has 0 aliphatic carbocycles. The van der Waals surface area contributed by atoms with Crippen LogP contribution < -0.4 is 0 Å². The lowest BCUT2D eigenvalue weighted by Crippen LogP contribution is -2.24. The van der Waals surface area contributed by atoms with E-state index in [4.69, 9.17) is 4.52 Å². The van der Waals surface area contributed by atoms with Crippen molar-refractivity contribution in [2.75, 3.05) is 6.54 Å². The van der Waals surface area contributed by atoms with Crippen LogP contribution in [0.4, 0.5) is 0 Å². The SMILES string of the molecule is Cc1noc(C)c1CN1CCC[C@H]1c1c(C)nn(C)c1C. The molecule has 1 aliphatic rings. The Morgan fingerprint density at radius 2 is 1.95 bits per heavy atom. The van der Waals surface area contributed by atoms with E-state index in [0.717, 1.165) is 30.2 Å². The molecule has 0 bridgehead atoms. The molecule has 0 radical (unpaired) electrons. The van der Waals surface area contributed by atoms with Crippen LogP contribution in [-0.2, 0) is 13.6 Å². The molecule has 2 aromatic rings. The average molecular weight is 288 g/mol. The van der Waals surface area contributed by atoms with Crippen LogP contribution in [0.2, 0.25) is 0 Å². The van der Waals surface area contributed by atoms with E-state index in [9.17, 15) is 0 Å². The van der Waals surface area contributed by atoms with E-state index in [1.54, 1.807) is 0 Å². The zero-order chi connectivity index (χ0) is 15.1. The van der Waals surface area contributed by atoms with Gasteiger partial charge in [-0.1, -0.05) is 5.16 Å². The Bertz CT molecular complexity index is 636. The second-order valence-corrected chi connectivity index (χ2v) is 6.14. The first-order valence-corrected chi connectivity index (χ1v) is 7.65. The molecule has 3 heterocycles. The summed E-state index contributed by atoms with van der Waals surface area (Å²) in [4.78, 5) is 2.55. The van der Waals surface area contributed by atoms with E-state index >= 15 is 0 Å². The largest absolute Gasteiger partial charge is 0.361 e. The fraction of sp³-hybridized carbons (Fsp3) is 0.625. The first kappa shape index (κ1) is 14.3. The summed E-state index contributed by atoms with van der Waals surface area (Å²) < 4.78 is 7.30. The fourth-order valence-electron chi connectivity index (χ4n) is 3.55. The maximum absolute atomic E-state index is 5.30. The molecule has 1 saturated heterocycles. The molecule has 0 aromatic carbocycles. The third-order valence-electron chi connectivity index (χ3n) is 4.80. The van der Waals surface area contributed by atoms with Gasteiger partial charge in [0.05, 0.1) is 11.4 Å². The van der Waals surface area contributed by atoms with Gasteiger partial charge >= 0.3 is 0 Å². The summed E-state index contributed by atoms with van der Waals surface area (Å²) in [5, 5.41) is 8.66. The number of hydrogen-bond acceptors (Lipinski definition) is 4. The van der Waals surface area contributed by atoms with E-state index in [1.165, 1.54) is 29.7 Å². The highest BCUT2D eigenvalue weighted by molar-refractivity contribution is 5.30. The Balaban J connectivity index is 1.89. The van der Waals surface area contributed by atoms with E-state index in [2.05, 4.69) is 29.0 Å². The molecule has 5 nitrogen and oxygen atoms in total. The second kappa shape index (κ2) is 5.30. The summed E-state index contributed by atoms with van der Waals surface area (Å²) >= 11 is 0. The van der Waals surface area contributed by atoms with Crippen LogP contribution in [0, 0.1) is 27.7 Å². The van der Waals surface area contributed by atoms with E-state index in [1.807, 2.05) is 25.6 Å². The molecule has 1 fully saturated rings. The van der Waals surface area contributed by atoms with Crippen LogP contribution >= 0.6 is 0 Å². The Hall–Kier alpha value is -1.62. The standard InChI is InChI=1S/C16H24N4O/c1-10-14(13(4)21-18-10)9-20-8-6-7-15(20)16-11(2)17-19(5)12(16)3/h15H,6-9H2,1-5H3/t15-/m0/s1. The van der Waals surface area contributed by atoms with Gasteiger partial charge in [-0.3, -0.25) is 9.58 Å². The second-order valence-electron chi connectivity index (χ2n) is 6.14.